The third-order valence-electron chi connectivity index (χ3n) is 2.89. The minimum atomic E-state index is -1.19. The Balaban J connectivity index is 2.07. The van der Waals surface area contributed by atoms with Gasteiger partial charge in [-0.1, -0.05) is 18.2 Å². The fourth-order valence-electron chi connectivity index (χ4n) is 1.84. The molecule has 0 aliphatic carbocycles. The number of rotatable bonds is 5. The fourth-order valence-corrected chi connectivity index (χ4v) is 2.92. The van der Waals surface area contributed by atoms with Crippen LogP contribution in [0.3, 0.4) is 0 Å². The third-order valence-corrected chi connectivity index (χ3v) is 4.26. The number of benzene rings is 2. The van der Waals surface area contributed by atoms with E-state index in [9.17, 15) is 14.3 Å². The summed E-state index contributed by atoms with van der Waals surface area (Å²) in [4.78, 5) is 11.2. The zero-order valence-corrected chi connectivity index (χ0v) is 11.5. The van der Waals surface area contributed by atoms with Crippen molar-refractivity contribution in [3.8, 4) is 0 Å². The number of hydrogen-bond acceptors (Lipinski definition) is 4. The summed E-state index contributed by atoms with van der Waals surface area (Å²) < 4.78 is 12.1. The summed E-state index contributed by atoms with van der Waals surface area (Å²) in [7, 11) is -1.19. The highest BCUT2D eigenvalue weighted by molar-refractivity contribution is 7.85. The number of nitrogen functional groups attached to an aromatic ring is 1. The fraction of sp³-hybridized carbons (Fsp3) is 0.143. The van der Waals surface area contributed by atoms with Crippen LogP contribution in [0.25, 0.3) is 0 Å². The smallest absolute Gasteiger partial charge is 0.272 e. The largest absolute Gasteiger partial charge is 0.399 e. The first kappa shape index (κ1) is 14.2. The molecule has 0 radical (unpaired) electrons. The third kappa shape index (κ3) is 3.42. The minimum Gasteiger partial charge on any atom is -0.399 e. The standard InChI is InChI=1S/C14H14N2O3S/c15-12-5-7-13(8-6-12)20(19)10-9-11-3-1-2-4-14(11)16(17)18/h1-8H,9-10,15H2. The second kappa shape index (κ2) is 6.29. The first-order chi connectivity index (χ1) is 9.58. The topological polar surface area (TPSA) is 86.2 Å². The molecule has 104 valence electrons. The Morgan fingerprint density at radius 3 is 2.40 bits per heavy atom. The van der Waals surface area contributed by atoms with Crippen LogP contribution in [-0.4, -0.2) is 14.9 Å². The second-order valence-corrected chi connectivity index (χ2v) is 5.83. The predicted molar refractivity (Wildman–Crippen MR) is 78.9 cm³/mol. The van der Waals surface area contributed by atoms with E-state index in [-0.39, 0.29) is 5.69 Å². The number of aryl methyl sites for hydroxylation is 1. The summed E-state index contributed by atoms with van der Waals surface area (Å²) in [6, 6.07) is 13.3. The summed E-state index contributed by atoms with van der Waals surface area (Å²) in [5, 5.41) is 10.9. The molecule has 0 bridgehead atoms. The predicted octanol–water partition coefficient (Wildman–Crippen LogP) is 2.53. The van der Waals surface area contributed by atoms with Crippen LogP contribution in [0.5, 0.6) is 0 Å². The van der Waals surface area contributed by atoms with E-state index in [1.165, 1.54) is 6.07 Å². The van der Waals surface area contributed by atoms with Gasteiger partial charge in [0.25, 0.3) is 5.69 Å². The molecule has 0 fully saturated rings. The number of nitrogens with zero attached hydrogens (tertiary/aromatic N) is 1. The van der Waals surface area contributed by atoms with Gasteiger partial charge in [-0.25, -0.2) is 0 Å². The molecule has 0 saturated heterocycles. The molecule has 6 heteroatoms. The van der Waals surface area contributed by atoms with E-state index < -0.39 is 15.7 Å². The van der Waals surface area contributed by atoms with Gasteiger partial charge < -0.3 is 5.73 Å². The van der Waals surface area contributed by atoms with Crippen molar-refractivity contribution in [1.29, 1.82) is 0 Å². The molecule has 20 heavy (non-hydrogen) atoms. The average Bonchev–Trinajstić information content (AvgIpc) is 2.45. The Bertz CT molecular complexity index is 641. The number of anilines is 1. The SMILES string of the molecule is Nc1ccc(S(=O)CCc2ccccc2[N+](=O)[O-])cc1. The van der Waals surface area contributed by atoms with Gasteiger partial charge in [0.05, 0.1) is 15.7 Å². The summed E-state index contributed by atoms with van der Waals surface area (Å²) in [5.74, 6) is 0.342. The maximum absolute atomic E-state index is 12.1. The molecule has 2 N–H and O–H groups in total. The second-order valence-electron chi connectivity index (χ2n) is 4.25. The zero-order valence-electron chi connectivity index (χ0n) is 10.7. The van der Waals surface area contributed by atoms with Crippen LogP contribution < -0.4 is 5.73 Å². The van der Waals surface area contributed by atoms with Crippen LogP contribution in [-0.2, 0) is 17.2 Å². The average molecular weight is 290 g/mol. The molecule has 0 aliphatic heterocycles. The highest BCUT2D eigenvalue weighted by Gasteiger charge is 2.13. The lowest BCUT2D eigenvalue weighted by Gasteiger charge is -2.04. The Labute approximate surface area is 119 Å². The summed E-state index contributed by atoms with van der Waals surface area (Å²) in [6.07, 6.45) is 0.397. The lowest BCUT2D eigenvalue weighted by molar-refractivity contribution is -0.385. The highest BCUT2D eigenvalue weighted by atomic mass is 32.2. The van der Waals surface area contributed by atoms with Crippen molar-refractivity contribution < 1.29 is 9.13 Å². The molecule has 1 unspecified atom stereocenters. The Hall–Kier alpha value is -2.21. The summed E-state index contributed by atoms with van der Waals surface area (Å²) in [5.41, 5.74) is 6.86. The van der Waals surface area contributed by atoms with E-state index >= 15 is 0 Å². The molecule has 2 aromatic rings. The van der Waals surface area contributed by atoms with E-state index in [4.69, 9.17) is 5.73 Å². The summed E-state index contributed by atoms with van der Waals surface area (Å²) in [6.45, 7) is 0. The molecule has 0 saturated carbocycles. The first-order valence-electron chi connectivity index (χ1n) is 6.04. The van der Waals surface area contributed by atoms with Crippen molar-refractivity contribution in [2.24, 2.45) is 0 Å². The van der Waals surface area contributed by atoms with Gasteiger partial charge in [0.15, 0.2) is 0 Å². The maximum atomic E-state index is 12.1. The maximum Gasteiger partial charge on any atom is 0.272 e. The Morgan fingerprint density at radius 2 is 1.75 bits per heavy atom. The minimum absolute atomic E-state index is 0.0711. The van der Waals surface area contributed by atoms with E-state index in [1.807, 2.05) is 0 Å². The quantitative estimate of drug-likeness (QED) is 0.521. The van der Waals surface area contributed by atoms with E-state index in [2.05, 4.69) is 0 Å². The van der Waals surface area contributed by atoms with Crippen molar-refractivity contribution in [3.05, 3.63) is 64.2 Å². The van der Waals surface area contributed by atoms with Crippen LogP contribution in [0.1, 0.15) is 5.56 Å². The lowest BCUT2D eigenvalue weighted by Crippen LogP contribution is -2.04. The first-order valence-corrected chi connectivity index (χ1v) is 7.36. The van der Waals surface area contributed by atoms with Crippen LogP contribution >= 0.6 is 0 Å². The van der Waals surface area contributed by atoms with Gasteiger partial charge in [0.1, 0.15) is 0 Å². The molecule has 5 nitrogen and oxygen atoms in total. The van der Waals surface area contributed by atoms with Gasteiger partial charge in [-0.15, -0.1) is 0 Å². The van der Waals surface area contributed by atoms with Gasteiger partial charge >= 0.3 is 0 Å². The molecule has 2 rings (SSSR count). The molecule has 0 amide bonds. The monoisotopic (exact) mass is 290 g/mol. The zero-order chi connectivity index (χ0) is 14.5. The van der Waals surface area contributed by atoms with Gasteiger partial charge in [-0.2, -0.15) is 0 Å². The lowest BCUT2D eigenvalue weighted by atomic mass is 10.1. The van der Waals surface area contributed by atoms with Crippen LogP contribution in [0.2, 0.25) is 0 Å². The number of nitro groups is 1. The number of hydrogen-bond donors (Lipinski definition) is 1. The van der Waals surface area contributed by atoms with Crippen molar-refractivity contribution in [2.45, 2.75) is 11.3 Å². The van der Waals surface area contributed by atoms with E-state index in [1.54, 1.807) is 42.5 Å². The number of nitro benzene ring substituents is 1. The normalized spacial score (nSPS) is 12.0. The molecule has 1 atom stereocenters. The van der Waals surface area contributed by atoms with Crippen LogP contribution in [0.4, 0.5) is 11.4 Å². The van der Waals surface area contributed by atoms with Crippen molar-refractivity contribution >= 4 is 22.2 Å². The van der Waals surface area contributed by atoms with E-state index in [0.29, 0.717) is 28.3 Å². The van der Waals surface area contributed by atoms with Crippen LogP contribution in [0, 0.1) is 10.1 Å². The van der Waals surface area contributed by atoms with Gasteiger partial charge in [-0.3, -0.25) is 14.3 Å². The molecule has 2 aromatic carbocycles. The molecular formula is C14H14N2O3S. The molecule has 0 aliphatic rings. The van der Waals surface area contributed by atoms with Gasteiger partial charge in [0.2, 0.25) is 0 Å². The summed E-state index contributed by atoms with van der Waals surface area (Å²) >= 11 is 0. The van der Waals surface area contributed by atoms with E-state index in [0.717, 1.165) is 0 Å². The van der Waals surface area contributed by atoms with Crippen molar-refractivity contribution in [3.63, 3.8) is 0 Å². The number of nitrogens with two attached hydrogens (primary N) is 1. The molecule has 0 heterocycles. The van der Waals surface area contributed by atoms with Crippen molar-refractivity contribution in [1.82, 2.24) is 0 Å². The molecule has 0 spiro atoms. The van der Waals surface area contributed by atoms with Gasteiger partial charge in [0, 0.05) is 28.0 Å². The van der Waals surface area contributed by atoms with Gasteiger partial charge in [-0.05, 0) is 30.7 Å². The highest BCUT2D eigenvalue weighted by Crippen LogP contribution is 2.19. The Kier molecular flexibility index (Phi) is 4.47. The van der Waals surface area contributed by atoms with Crippen LogP contribution in [0.15, 0.2) is 53.4 Å². The number of para-hydroxylation sites is 1. The van der Waals surface area contributed by atoms with Crippen molar-refractivity contribution in [2.75, 3.05) is 11.5 Å². The Morgan fingerprint density at radius 1 is 1.10 bits per heavy atom. The molecular weight excluding hydrogens is 276 g/mol. The molecule has 0 aromatic heterocycles.